The zero-order chi connectivity index (χ0) is 19.8. The maximum absolute atomic E-state index is 5.97. The van der Waals surface area contributed by atoms with E-state index in [2.05, 4.69) is 54.1 Å². The number of aliphatic imine (C=N–C) groups is 1. The van der Waals surface area contributed by atoms with Crippen LogP contribution < -0.4 is 10.1 Å². The first-order chi connectivity index (χ1) is 13.6. The van der Waals surface area contributed by atoms with Crippen molar-refractivity contribution in [2.24, 2.45) is 10.4 Å². The van der Waals surface area contributed by atoms with Crippen LogP contribution in [0.25, 0.3) is 0 Å². The van der Waals surface area contributed by atoms with Crippen molar-refractivity contribution in [1.82, 2.24) is 15.1 Å². The Bertz CT molecular complexity index is 641. The zero-order valence-electron chi connectivity index (χ0n) is 17.7. The van der Waals surface area contributed by atoms with E-state index in [0.717, 1.165) is 64.2 Å². The predicted octanol–water partition coefficient (Wildman–Crippen LogP) is 2.60. The van der Waals surface area contributed by atoms with E-state index in [0.29, 0.717) is 18.6 Å². The summed E-state index contributed by atoms with van der Waals surface area (Å²) in [5.74, 6) is 1.94. The van der Waals surface area contributed by atoms with Gasteiger partial charge in [-0.1, -0.05) is 26.0 Å². The molecule has 0 aromatic heterocycles. The van der Waals surface area contributed by atoms with Crippen LogP contribution in [0, 0.1) is 5.41 Å². The minimum absolute atomic E-state index is 0.366. The molecule has 1 N–H and O–H groups in total. The fourth-order valence-corrected chi connectivity index (χ4v) is 3.74. The Labute approximate surface area is 169 Å². The highest BCUT2D eigenvalue weighted by Gasteiger charge is 2.30. The van der Waals surface area contributed by atoms with E-state index in [1.54, 1.807) is 0 Å². The van der Waals surface area contributed by atoms with Gasteiger partial charge in [0.15, 0.2) is 5.96 Å². The maximum Gasteiger partial charge on any atom is 0.194 e. The average molecular weight is 389 g/mol. The Morgan fingerprint density at radius 3 is 2.79 bits per heavy atom. The van der Waals surface area contributed by atoms with Crippen LogP contribution in [-0.2, 0) is 11.3 Å². The van der Waals surface area contributed by atoms with E-state index in [1.165, 1.54) is 12.0 Å². The number of likely N-dealkylation sites (tertiary alicyclic amines) is 1. The Morgan fingerprint density at radius 1 is 1.25 bits per heavy atom. The summed E-state index contributed by atoms with van der Waals surface area (Å²) in [6.45, 7) is 15.8. The molecule has 0 unspecified atom stereocenters. The van der Waals surface area contributed by atoms with Crippen LogP contribution >= 0.6 is 0 Å². The molecule has 0 saturated carbocycles. The van der Waals surface area contributed by atoms with Crippen LogP contribution in [0.4, 0.5) is 0 Å². The highest BCUT2D eigenvalue weighted by Crippen LogP contribution is 2.28. The number of ether oxygens (including phenoxy) is 2. The van der Waals surface area contributed by atoms with E-state index in [1.807, 2.05) is 6.07 Å². The minimum Gasteiger partial charge on any atom is -0.492 e. The number of hydrogen-bond acceptors (Lipinski definition) is 4. The number of hydrogen-bond donors (Lipinski definition) is 1. The van der Waals surface area contributed by atoms with Crippen molar-refractivity contribution in [3.8, 4) is 5.75 Å². The third-order valence-electron chi connectivity index (χ3n) is 5.40. The second-order valence-corrected chi connectivity index (χ2v) is 8.46. The van der Waals surface area contributed by atoms with Gasteiger partial charge in [-0.15, -0.1) is 0 Å². The summed E-state index contributed by atoms with van der Waals surface area (Å²) in [7, 11) is 0. The number of rotatable bonds is 7. The van der Waals surface area contributed by atoms with Crippen LogP contribution in [0.15, 0.2) is 29.3 Å². The number of morpholine rings is 1. The molecule has 6 nitrogen and oxygen atoms in total. The first-order valence-electron chi connectivity index (χ1n) is 10.6. The molecule has 2 saturated heterocycles. The van der Waals surface area contributed by atoms with Gasteiger partial charge in [-0.3, -0.25) is 4.90 Å². The highest BCUT2D eigenvalue weighted by atomic mass is 16.5. The maximum atomic E-state index is 5.97. The van der Waals surface area contributed by atoms with Gasteiger partial charge in [-0.2, -0.15) is 0 Å². The molecule has 2 aliphatic heterocycles. The molecule has 2 heterocycles. The quantitative estimate of drug-likeness (QED) is 0.575. The molecule has 2 fully saturated rings. The van der Waals surface area contributed by atoms with Gasteiger partial charge < -0.3 is 19.7 Å². The lowest BCUT2D eigenvalue weighted by atomic mass is 9.93. The summed E-state index contributed by atoms with van der Waals surface area (Å²) < 4.78 is 11.4. The van der Waals surface area contributed by atoms with Crippen molar-refractivity contribution in [2.75, 3.05) is 59.1 Å². The summed E-state index contributed by atoms with van der Waals surface area (Å²) in [4.78, 5) is 9.65. The van der Waals surface area contributed by atoms with Crippen molar-refractivity contribution in [3.63, 3.8) is 0 Å². The molecule has 1 aromatic carbocycles. The van der Waals surface area contributed by atoms with Crippen LogP contribution in [0.3, 0.4) is 0 Å². The van der Waals surface area contributed by atoms with E-state index < -0.39 is 0 Å². The van der Waals surface area contributed by atoms with Gasteiger partial charge in [-0.25, -0.2) is 4.99 Å². The Morgan fingerprint density at radius 2 is 2.07 bits per heavy atom. The summed E-state index contributed by atoms with van der Waals surface area (Å²) in [6.07, 6.45) is 1.21. The molecule has 2 aliphatic rings. The third kappa shape index (κ3) is 6.38. The Balaban J connectivity index is 1.52. The topological polar surface area (TPSA) is 49.3 Å². The first-order valence-corrected chi connectivity index (χ1v) is 10.6. The normalized spacial score (nSPS) is 20.4. The zero-order valence-corrected chi connectivity index (χ0v) is 17.7. The van der Waals surface area contributed by atoms with Crippen LogP contribution in [0.5, 0.6) is 5.75 Å². The lowest BCUT2D eigenvalue weighted by molar-refractivity contribution is 0.0322. The second-order valence-electron chi connectivity index (χ2n) is 8.46. The van der Waals surface area contributed by atoms with E-state index in [9.17, 15) is 0 Å². The van der Waals surface area contributed by atoms with Crippen molar-refractivity contribution >= 4 is 5.96 Å². The standard InChI is InChI=1S/C22H36N4O2/c1-4-23-21(26-9-8-22(2,3)18-26)24-17-19-6-5-7-20(16-19)28-15-12-25-10-13-27-14-11-25/h5-7,16H,4,8-15,17-18H2,1-3H3,(H,23,24). The average Bonchev–Trinajstić information content (AvgIpc) is 3.06. The van der Waals surface area contributed by atoms with Crippen LogP contribution in [0.1, 0.15) is 32.8 Å². The molecule has 28 heavy (non-hydrogen) atoms. The van der Waals surface area contributed by atoms with Crippen LogP contribution in [0.2, 0.25) is 0 Å². The molecule has 3 rings (SSSR count). The van der Waals surface area contributed by atoms with Gasteiger partial charge >= 0.3 is 0 Å². The molecule has 6 heteroatoms. The second kappa shape index (κ2) is 10.1. The van der Waals surface area contributed by atoms with Gasteiger partial charge in [-0.05, 0) is 36.5 Å². The van der Waals surface area contributed by atoms with Gasteiger partial charge in [0, 0.05) is 39.3 Å². The van der Waals surface area contributed by atoms with Crippen molar-refractivity contribution in [1.29, 1.82) is 0 Å². The SMILES string of the molecule is CCNC(=NCc1cccc(OCCN2CCOCC2)c1)N1CCC(C)(C)C1. The number of benzene rings is 1. The number of guanidine groups is 1. The van der Waals surface area contributed by atoms with Crippen LogP contribution in [-0.4, -0.2) is 74.8 Å². The van der Waals surface area contributed by atoms with Gasteiger partial charge in [0.25, 0.3) is 0 Å². The summed E-state index contributed by atoms with van der Waals surface area (Å²) in [6, 6.07) is 8.32. The monoisotopic (exact) mass is 388 g/mol. The number of nitrogens with one attached hydrogen (secondary N) is 1. The molecular formula is C22H36N4O2. The van der Waals surface area contributed by atoms with Gasteiger partial charge in [0.05, 0.1) is 19.8 Å². The molecule has 0 radical (unpaired) electrons. The first kappa shape index (κ1) is 20.9. The highest BCUT2D eigenvalue weighted by molar-refractivity contribution is 5.80. The molecule has 0 spiro atoms. The largest absolute Gasteiger partial charge is 0.492 e. The Hall–Kier alpha value is -1.79. The molecule has 0 amide bonds. The summed E-state index contributed by atoms with van der Waals surface area (Å²) >= 11 is 0. The lowest BCUT2D eigenvalue weighted by Gasteiger charge is -2.26. The van der Waals surface area contributed by atoms with Gasteiger partial charge in [0.2, 0.25) is 0 Å². The van der Waals surface area contributed by atoms with Gasteiger partial charge in [0.1, 0.15) is 12.4 Å². The summed E-state index contributed by atoms with van der Waals surface area (Å²) in [5.41, 5.74) is 1.54. The summed E-state index contributed by atoms with van der Waals surface area (Å²) in [5, 5.41) is 3.45. The van der Waals surface area contributed by atoms with E-state index in [4.69, 9.17) is 14.5 Å². The fraction of sp³-hybridized carbons (Fsp3) is 0.682. The molecule has 0 bridgehead atoms. The number of nitrogens with zero attached hydrogens (tertiary/aromatic N) is 3. The molecular weight excluding hydrogens is 352 g/mol. The van der Waals surface area contributed by atoms with Crippen molar-refractivity contribution in [3.05, 3.63) is 29.8 Å². The molecule has 0 aliphatic carbocycles. The fourth-order valence-electron chi connectivity index (χ4n) is 3.74. The lowest BCUT2D eigenvalue weighted by Crippen LogP contribution is -2.40. The molecule has 1 aromatic rings. The smallest absolute Gasteiger partial charge is 0.194 e. The third-order valence-corrected chi connectivity index (χ3v) is 5.40. The molecule has 0 atom stereocenters. The minimum atomic E-state index is 0.366. The van der Waals surface area contributed by atoms with E-state index >= 15 is 0 Å². The van der Waals surface area contributed by atoms with Crippen molar-refractivity contribution < 1.29 is 9.47 Å². The predicted molar refractivity (Wildman–Crippen MR) is 114 cm³/mol. The Kier molecular flexibility index (Phi) is 7.57. The van der Waals surface area contributed by atoms with Crippen molar-refractivity contribution in [2.45, 2.75) is 33.7 Å². The molecule has 156 valence electrons. The van der Waals surface area contributed by atoms with E-state index in [-0.39, 0.29) is 0 Å².